The van der Waals surface area contributed by atoms with Gasteiger partial charge < -0.3 is 5.11 Å². The lowest BCUT2D eigenvalue weighted by Gasteiger charge is -2.13. The van der Waals surface area contributed by atoms with Crippen LogP contribution in [0.15, 0.2) is 36.5 Å². The summed E-state index contributed by atoms with van der Waals surface area (Å²) in [5, 5.41) is 10.4. The molecule has 1 aliphatic carbocycles. The standard InChI is InChI=1S/C16H17NO/c1-11-5-6-15(10-17-11)16(18)14-8-7-12-3-2-4-13(12)9-14/h5-10,16,18H,2-4H2,1H3. The number of benzene rings is 1. The molecule has 1 aromatic carbocycles. The summed E-state index contributed by atoms with van der Waals surface area (Å²) >= 11 is 0. The third kappa shape index (κ3) is 2.04. The first kappa shape index (κ1) is 11.4. The molecule has 0 bridgehead atoms. The molecule has 92 valence electrons. The molecule has 3 rings (SSSR count). The van der Waals surface area contributed by atoms with E-state index in [1.54, 1.807) is 6.20 Å². The molecule has 1 aliphatic rings. The zero-order valence-corrected chi connectivity index (χ0v) is 10.6. The van der Waals surface area contributed by atoms with E-state index in [9.17, 15) is 5.11 Å². The Hall–Kier alpha value is -1.67. The van der Waals surface area contributed by atoms with Crippen molar-refractivity contribution in [1.82, 2.24) is 4.98 Å². The van der Waals surface area contributed by atoms with E-state index < -0.39 is 6.10 Å². The van der Waals surface area contributed by atoms with Crippen molar-refractivity contribution in [2.45, 2.75) is 32.3 Å². The maximum absolute atomic E-state index is 10.4. The first-order chi connectivity index (χ1) is 8.74. The number of aliphatic hydroxyl groups excluding tert-OH is 1. The normalized spacial score (nSPS) is 15.4. The number of aliphatic hydroxyl groups is 1. The lowest BCUT2D eigenvalue weighted by molar-refractivity contribution is 0.220. The van der Waals surface area contributed by atoms with Crippen LogP contribution >= 0.6 is 0 Å². The summed E-state index contributed by atoms with van der Waals surface area (Å²) in [6.07, 6.45) is 4.75. The predicted octanol–water partition coefficient (Wildman–Crippen LogP) is 2.96. The molecule has 0 fully saturated rings. The molecule has 0 saturated heterocycles. The second-order valence-corrected chi connectivity index (χ2v) is 5.02. The van der Waals surface area contributed by atoms with Crippen molar-refractivity contribution < 1.29 is 5.11 Å². The molecule has 1 N–H and O–H groups in total. The summed E-state index contributed by atoms with van der Waals surface area (Å²) in [6, 6.07) is 10.2. The van der Waals surface area contributed by atoms with Crippen LogP contribution in [0.3, 0.4) is 0 Å². The Balaban J connectivity index is 1.92. The fourth-order valence-electron chi connectivity index (χ4n) is 2.60. The van der Waals surface area contributed by atoms with Crippen molar-refractivity contribution in [3.8, 4) is 0 Å². The largest absolute Gasteiger partial charge is 0.384 e. The van der Waals surface area contributed by atoms with Crippen molar-refractivity contribution in [1.29, 1.82) is 0 Å². The predicted molar refractivity (Wildman–Crippen MR) is 71.5 cm³/mol. The molecular weight excluding hydrogens is 222 g/mol. The molecule has 1 unspecified atom stereocenters. The van der Waals surface area contributed by atoms with Gasteiger partial charge in [-0.1, -0.05) is 24.3 Å². The van der Waals surface area contributed by atoms with E-state index in [0.717, 1.165) is 23.2 Å². The third-order valence-electron chi connectivity index (χ3n) is 3.69. The lowest BCUT2D eigenvalue weighted by Crippen LogP contribution is -2.01. The zero-order chi connectivity index (χ0) is 12.5. The third-order valence-corrected chi connectivity index (χ3v) is 3.69. The molecule has 1 aromatic heterocycles. The number of hydrogen-bond acceptors (Lipinski definition) is 2. The smallest absolute Gasteiger partial charge is 0.106 e. The summed E-state index contributed by atoms with van der Waals surface area (Å²) in [5.41, 5.74) is 5.64. The van der Waals surface area contributed by atoms with Crippen LogP contribution < -0.4 is 0 Å². The van der Waals surface area contributed by atoms with Crippen LogP contribution in [0, 0.1) is 6.92 Å². The maximum Gasteiger partial charge on any atom is 0.106 e. The zero-order valence-electron chi connectivity index (χ0n) is 10.6. The molecule has 18 heavy (non-hydrogen) atoms. The topological polar surface area (TPSA) is 33.1 Å². The molecule has 0 spiro atoms. The Morgan fingerprint density at radius 3 is 2.61 bits per heavy atom. The first-order valence-electron chi connectivity index (χ1n) is 6.46. The number of pyridine rings is 1. The Bertz CT molecular complexity index is 560. The Morgan fingerprint density at radius 2 is 1.83 bits per heavy atom. The van der Waals surface area contributed by atoms with E-state index in [1.807, 2.05) is 25.1 Å². The van der Waals surface area contributed by atoms with Gasteiger partial charge in [-0.05, 0) is 48.9 Å². The number of hydrogen-bond donors (Lipinski definition) is 1. The molecule has 1 heterocycles. The Morgan fingerprint density at radius 1 is 1.06 bits per heavy atom. The van der Waals surface area contributed by atoms with E-state index in [4.69, 9.17) is 0 Å². The Kier molecular flexibility index (Phi) is 2.88. The molecule has 0 saturated carbocycles. The van der Waals surface area contributed by atoms with Crippen molar-refractivity contribution in [3.63, 3.8) is 0 Å². The minimum Gasteiger partial charge on any atom is -0.384 e. The van der Waals surface area contributed by atoms with E-state index in [2.05, 4.69) is 17.1 Å². The summed E-state index contributed by atoms with van der Waals surface area (Å²) in [6.45, 7) is 1.95. The van der Waals surface area contributed by atoms with Crippen molar-refractivity contribution in [2.75, 3.05) is 0 Å². The van der Waals surface area contributed by atoms with Crippen LogP contribution in [0.2, 0.25) is 0 Å². The molecule has 0 amide bonds. The highest BCUT2D eigenvalue weighted by Gasteiger charge is 2.15. The summed E-state index contributed by atoms with van der Waals surface area (Å²) in [5.74, 6) is 0. The van der Waals surface area contributed by atoms with Crippen LogP contribution in [-0.2, 0) is 12.8 Å². The van der Waals surface area contributed by atoms with Gasteiger partial charge in [-0.15, -0.1) is 0 Å². The molecule has 2 aromatic rings. The molecule has 2 heteroatoms. The van der Waals surface area contributed by atoms with Crippen molar-refractivity contribution in [2.24, 2.45) is 0 Å². The number of nitrogens with zero attached hydrogens (tertiary/aromatic N) is 1. The lowest BCUT2D eigenvalue weighted by atomic mass is 9.99. The average molecular weight is 239 g/mol. The van der Waals surface area contributed by atoms with E-state index in [1.165, 1.54) is 24.0 Å². The van der Waals surface area contributed by atoms with Gasteiger partial charge in [0, 0.05) is 17.5 Å². The van der Waals surface area contributed by atoms with Gasteiger partial charge in [-0.25, -0.2) is 0 Å². The Labute approximate surface area is 107 Å². The highest BCUT2D eigenvalue weighted by Crippen LogP contribution is 2.28. The molecule has 2 nitrogen and oxygen atoms in total. The minimum absolute atomic E-state index is 0.566. The van der Waals surface area contributed by atoms with E-state index >= 15 is 0 Å². The second kappa shape index (κ2) is 4.54. The average Bonchev–Trinajstić information content (AvgIpc) is 2.86. The monoisotopic (exact) mass is 239 g/mol. The number of aromatic nitrogens is 1. The second-order valence-electron chi connectivity index (χ2n) is 5.02. The van der Waals surface area contributed by atoms with Gasteiger partial charge in [0.1, 0.15) is 6.10 Å². The fraction of sp³-hybridized carbons (Fsp3) is 0.312. The van der Waals surface area contributed by atoms with E-state index in [-0.39, 0.29) is 0 Å². The highest BCUT2D eigenvalue weighted by molar-refractivity contribution is 5.38. The summed E-state index contributed by atoms with van der Waals surface area (Å²) in [4.78, 5) is 4.24. The fourth-order valence-corrected chi connectivity index (χ4v) is 2.60. The van der Waals surface area contributed by atoms with Crippen LogP contribution in [0.1, 0.15) is 40.5 Å². The molecule has 0 aliphatic heterocycles. The molecular formula is C16H17NO. The maximum atomic E-state index is 10.4. The highest BCUT2D eigenvalue weighted by atomic mass is 16.3. The number of rotatable bonds is 2. The quantitative estimate of drug-likeness (QED) is 0.874. The van der Waals surface area contributed by atoms with Gasteiger partial charge >= 0.3 is 0 Å². The molecule has 1 atom stereocenters. The summed E-state index contributed by atoms with van der Waals surface area (Å²) < 4.78 is 0. The van der Waals surface area contributed by atoms with Crippen LogP contribution in [0.4, 0.5) is 0 Å². The van der Waals surface area contributed by atoms with Crippen LogP contribution in [-0.4, -0.2) is 10.1 Å². The van der Waals surface area contributed by atoms with Gasteiger partial charge in [-0.2, -0.15) is 0 Å². The van der Waals surface area contributed by atoms with Gasteiger partial charge in [0.25, 0.3) is 0 Å². The van der Waals surface area contributed by atoms with Gasteiger partial charge in [0.05, 0.1) is 0 Å². The van der Waals surface area contributed by atoms with Crippen molar-refractivity contribution >= 4 is 0 Å². The molecule has 0 radical (unpaired) electrons. The summed E-state index contributed by atoms with van der Waals surface area (Å²) in [7, 11) is 0. The number of aryl methyl sites for hydroxylation is 3. The van der Waals surface area contributed by atoms with Gasteiger partial charge in [0.15, 0.2) is 0 Å². The SMILES string of the molecule is Cc1ccc(C(O)c2ccc3c(c2)CCC3)cn1. The van der Waals surface area contributed by atoms with Gasteiger partial charge in [-0.3, -0.25) is 4.98 Å². The van der Waals surface area contributed by atoms with Crippen LogP contribution in [0.25, 0.3) is 0 Å². The number of fused-ring (bicyclic) bond motifs is 1. The first-order valence-corrected chi connectivity index (χ1v) is 6.46. The van der Waals surface area contributed by atoms with Crippen molar-refractivity contribution in [3.05, 3.63) is 64.5 Å². The minimum atomic E-state index is -0.566. The van der Waals surface area contributed by atoms with Crippen LogP contribution in [0.5, 0.6) is 0 Å². The van der Waals surface area contributed by atoms with Gasteiger partial charge in [0.2, 0.25) is 0 Å². The van der Waals surface area contributed by atoms with E-state index in [0.29, 0.717) is 0 Å².